The molecule has 156 valence electrons. The molecule has 0 saturated carbocycles. The number of nitrogens with one attached hydrogen (secondary N) is 2. The van der Waals surface area contributed by atoms with E-state index in [9.17, 15) is 0 Å². The molecule has 0 spiro atoms. The van der Waals surface area contributed by atoms with Crippen LogP contribution in [0.2, 0.25) is 0 Å². The van der Waals surface area contributed by atoms with Crippen molar-refractivity contribution in [2.75, 3.05) is 25.0 Å². The maximum absolute atomic E-state index is 4.38. The van der Waals surface area contributed by atoms with E-state index >= 15 is 0 Å². The lowest BCUT2D eigenvalue weighted by atomic mass is 10.1. The first-order valence-corrected chi connectivity index (χ1v) is 10.5. The van der Waals surface area contributed by atoms with Gasteiger partial charge in [0.25, 0.3) is 0 Å². The second kappa shape index (κ2) is 9.43. The third-order valence-corrected chi connectivity index (χ3v) is 5.48. The molecule has 1 atom stereocenters. The number of rotatable bonds is 6. The molecule has 4 rings (SSSR count). The van der Waals surface area contributed by atoms with E-state index < -0.39 is 0 Å². The Labute approximate surface area is 177 Å². The molecule has 0 radical (unpaired) electrons. The van der Waals surface area contributed by atoms with Crippen LogP contribution < -0.4 is 15.5 Å². The third-order valence-electron chi connectivity index (χ3n) is 5.48. The minimum Gasteiger partial charge on any atom is -0.372 e. The van der Waals surface area contributed by atoms with Crippen molar-refractivity contribution < 1.29 is 0 Å². The number of nitrogens with zero attached hydrogens (tertiary/aromatic N) is 5. The molecule has 1 aromatic heterocycles. The molecule has 7 nitrogen and oxygen atoms in total. The Morgan fingerprint density at radius 1 is 1.07 bits per heavy atom. The van der Waals surface area contributed by atoms with Gasteiger partial charge in [0, 0.05) is 31.5 Å². The summed E-state index contributed by atoms with van der Waals surface area (Å²) in [5.74, 6) is 1.56. The fourth-order valence-corrected chi connectivity index (χ4v) is 3.80. The predicted molar refractivity (Wildman–Crippen MR) is 121 cm³/mol. The first kappa shape index (κ1) is 19.9. The summed E-state index contributed by atoms with van der Waals surface area (Å²) in [7, 11) is 1.78. The molecule has 3 aromatic rings. The van der Waals surface area contributed by atoms with Gasteiger partial charge in [0.2, 0.25) is 0 Å². The topological polar surface area (TPSA) is 70.4 Å². The Morgan fingerprint density at radius 3 is 2.60 bits per heavy atom. The van der Waals surface area contributed by atoms with E-state index in [2.05, 4.69) is 61.9 Å². The van der Waals surface area contributed by atoms with Crippen LogP contribution in [0.1, 0.15) is 37.2 Å². The molecule has 1 aliphatic heterocycles. The fourth-order valence-electron chi connectivity index (χ4n) is 3.80. The van der Waals surface area contributed by atoms with Crippen molar-refractivity contribution in [2.24, 2.45) is 4.99 Å². The number of aromatic nitrogens is 3. The van der Waals surface area contributed by atoms with Crippen molar-refractivity contribution in [3.8, 4) is 5.69 Å². The molecule has 0 bridgehead atoms. The summed E-state index contributed by atoms with van der Waals surface area (Å²) in [6.45, 7) is 4.98. The summed E-state index contributed by atoms with van der Waals surface area (Å²) in [5, 5.41) is 15.2. The van der Waals surface area contributed by atoms with Crippen LogP contribution >= 0.6 is 0 Å². The smallest absolute Gasteiger partial charge is 0.191 e. The zero-order valence-electron chi connectivity index (χ0n) is 17.6. The van der Waals surface area contributed by atoms with Gasteiger partial charge in [-0.3, -0.25) is 9.56 Å². The minimum absolute atomic E-state index is 0.130. The maximum atomic E-state index is 4.38. The molecule has 1 aliphatic rings. The highest BCUT2D eigenvalue weighted by Crippen LogP contribution is 2.24. The summed E-state index contributed by atoms with van der Waals surface area (Å²) < 4.78 is 1.98. The van der Waals surface area contributed by atoms with Crippen LogP contribution in [0.15, 0.2) is 65.9 Å². The van der Waals surface area contributed by atoms with Gasteiger partial charge in [-0.15, -0.1) is 10.2 Å². The molecule has 2 heterocycles. The summed E-state index contributed by atoms with van der Waals surface area (Å²) in [6.07, 6.45) is 4.29. The fraction of sp³-hybridized carbons (Fsp3) is 0.348. The van der Waals surface area contributed by atoms with Crippen LogP contribution in [0.4, 0.5) is 5.69 Å². The molecule has 1 saturated heterocycles. The largest absolute Gasteiger partial charge is 0.372 e. The highest BCUT2D eigenvalue weighted by atomic mass is 15.3. The Balaban J connectivity index is 1.39. The monoisotopic (exact) mass is 403 g/mol. The molecular formula is C23H29N7. The SMILES string of the molecule is CN=C(NCc1nncn1-c1ccccc1)NC(C)c1cccc(N2CCCC2)c1. The van der Waals surface area contributed by atoms with E-state index in [1.165, 1.54) is 24.1 Å². The van der Waals surface area contributed by atoms with Crippen molar-refractivity contribution in [1.29, 1.82) is 0 Å². The highest BCUT2D eigenvalue weighted by molar-refractivity contribution is 5.80. The van der Waals surface area contributed by atoms with Crippen molar-refractivity contribution in [3.05, 3.63) is 72.3 Å². The van der Waals surface area contributed by atoms with Crippen LogP contribution in [-0.4, -0.2) is 40.9 Å². The Kier molecular flexibility index (Phi) is 6.27. The number of hydrogen-bond donors (Lipinski definition) is 2. The molecule has 30 heavy (non-hydrogen) atoms. The van der Waals surface area contributed by atoms with Crippen molar-refractivity contribution >= 4 is 11.6 Å². The van der Waals surface area contributed by atoms with Gasteiger partial charge in [-0.05, 0) is 49.6 Å². The molecule has 0 amide bonds. The lowest BCUT2D eigenvalue weighted by Crippen LogP contribution is -2.38. The second-order valence-corrected chi connectivity index (χ2v) is 7.53. The van der Waals surface area contributed by atoms with Gasteiger partial charge in [0.15, 0.2) is 11.8 Å². The summed E-state index contributed by atoms with van der Waals surface area (Å²) in [6, 6.07) is 19.0. The van der Waals surface area contributed by atoms with Crippen molar-refractivity contribution in [3.63, 3.8) is 0 Å². The molecule has 7 heteroatoms. The molecule has 1 unspecified atom stereocenters. The number of benzene rings is 2. The number of aliphatic imine (C=N–C) groups is 1. The van der Waals surface area contributed by atoms with E-state index in [0.717, 1.165) is 30.6 Å². The molecular weight excluding hydrogens is 374 g/mol. The number of guanidine groups is 1. The average Bonchev–Trinajstić information content (AvgIpc) is 3.49. The summed E-state index contributed by atoms with van der Waals surface area (Å²) in [5.41, 5.74) is 3.58. The molecule has 2 aromatic carbocycles. The van der Waals surface area contributed by atoms with Crippen LogP contribution in [0, 0.1) is 0 Å². The van der Waals surface area contributed by atoms with Crippen LogP contribution in [0.25, 0.3) is 5.69 Å². The second-order valence-electron chi connectivity index (χ2n) is 7.53. The maximum Gasteiger partial charge on any atom is 0.191 e. The molecule has 1 fully saturated rings. The summed E-state index contributed by atoms with van der Waals surface area (Å²) >= 11 is 0. The first-order valence-electron chi connectivity index (χ1n) is 10.5. The van der Waals surface area contributed by atoms with E-state index in [-0.39, 0.29) is 6.04 Å². The lowest BCUT2D eigenvalue weighted by molar-refractivity contribution is 0.675. The van der Waals surface area contributed by atoms with E-state index in [4.69, 9.17) is 0 Å². The highest BCUT2D eigenvalue weighted by Gasteiger charge is 2.15. The first-order chi connectivity index (χ1) is 14.7. The Bertz CT molecular complexity index is 974. The van der Waals surface area contributed by atoms with Crippen LogP contribution in [-0.2, 0) is 6.54 Å². The number of anilines is 1. The zero-order chi connectivity index (χ0) is 20.8. The Morgan fingerprint density at radius 2 is 1.83 bits per heavy atom. The van der Waals surface area contributed by atoms with Crippen LogP contribution in [0.3, 0.4) is 0 Å². The van der Waals surface area contributed by atoms with Gasteiger partial charge in [-0.25, -0.2) is 0 Å². The van der Waals surface area contributed by atoms with E-state index in [1.54, 1.807) is 13.4 Å². The number of hydrogen-bond acceptors (Lipinski definition) is 4. The van der Waals surface area contributed by atoms with Crippen LogP contribution in [0.5, 0.6) is 0 Å². The van der Waals surface area contributed by atoms with Crippen molar-refractivity contribution in [2.45, 2.75) is 32.4 Å². The average molecular weight is 404 g/mol. The van der Waals surface area contributed by atoms with Gasteiger partial charge in [0.1, 0.15) is 6.33 Å². The summed E-state index contributed by atoms with van der Waals surface area (Å²) in [4.78, 5) is 6.84. The Hall–Kier alpha value is -3.35. The van der Waals surface area contributed by atoms with E-state index in [0.29, 0.717) is 6.54 Å². The normalized spacial score (nSPS) is 15.3. The van der Waals surface area contributed by atoms with E-state index in [1.807, 2.05) is 34.9 Å². The minimum atomic E-state index is 0.130. The van der Waals surface area contributed by atoms with Crippen molar-refractivity contribution in [1.82, 2.24) is 25.4 Å². The van der Waals surface area contributed by atoms with Gasteiger partial charge >= 0.3 is 0 Å². The van der Waals surface area contributed by atoms with Gasteiger partial charge in [0.05, 0.1) is 12.6 Å². The standard InChI is InChI=1S/C23H29N7/c1-18(19-9-8-12-21(15-19)29-13-6-7-14-29)27-23(24-2)25-16-22-28-26-17-30(22)20-10-4-3-5-11-20/h3-5,8-12,15,17-18H,6-7,13-14,16H2,1-2H3,(H2,24,25,27). The zero-order valence-corrected chi connectivity index (χ0v) is 17.6. The lowest BCUT2D eigenvalue weighted by Gasteiger charge is -2.22. The van der Waals surface area contributed by atoms with Gasteiger partial charge in [-0.2, -0.15) is 0 Å². The van der Waals surface area contributed by atoms with Gasteiger partial charge < -0.3 is 15.5 Å². The molecule has 0 aliphatic carbocycles. The third kappa shape index (κ3) is 4.62. The predicted octanol–water partition coefficient (Wildman–Crippen LogP) is 3.29. The quantitative estimate of drug-likeness (QED) is 0.488. The number of para-hydroxylation sites is 1. The molecule has 2 N–H and O–H groups in total. The van der Waals surface area contributed by atoms with Gasteiger partial charge in [-0.1, -0.05) is 30.3 Å².